The molecular weight excluding hydrogens is 244 g/mol. The average Bonchev–Trinajstić information content (AvgIpc) is 2.09. The first-order valence-corrected chi connectivity index (χ1v) is 5.97. The van der Waals surface area contributed by atoms with Gasteiger partial charge in [0.2, 0.25) is 0 Å². The molecule has 0 fully saturated rings. The van der Waals surface area contributed by atoms with Gasteiger partial charge in [0, 0.05) is 6.54 Å². The summed E-state index contributed by atoms with van der Waals surface area (Å²) in [4.78, 5) is 11.0. The second-order valence-corrected chi connectivity index (χ2v) is 5.45. The fourth-order valence-corrected chi connectivity index (χ4v) is 1.23. The van der Waals surface area contributed by atoms with Crippen LogP contribution in [-0.4, -0.2) is 16.2 Å². The number of halogens is 3. The number of amides is 1. The molecule has 0 aliphatic carbocycles. The van der Waals surface area contributed by atoms with Crippen LogP contribution >= 0.6 is 34.8 Å². The number of nitrogens with one attached hydrogen (secondary N) is 1. The van der Waals surface area contributed by atoms with Crippen LogP contribution in [0.3, 0.4) is 0 Å². The summed E-state index contributed by atoms with van der Waals surface area (Å²) in [5, 5.41) is 2.56. The first-order chi connectivity index (χ1) is 6.48. The fourth-order valence-electron chi connectivity index (χ4n) is 1.03. The molecule has 0 atom stereocenters. The SMILES string of the molecule is CCCCCCCNC(=O)C(Cl)(Cl)Cl. The molecule has 0 bridgehead atoms. The van der Waals surface area contributed by atoms with Gasteiger partial charge in [-0.15, -0.1) is 0 Å². The lowest BCUT2D eigenvalue weighted by molar-refractivity contribution is -0.120. The molecule has 0 saturated heterocycles. The Balaban J connectivity index is 3.33. The number of hydrogen-bond donors (Lipinski definition) is 1. The molecular formula is C9H16Cl3NO. The Morgan fingerprint density at radius 2 is 1.71 bits per heavy atom. The van der Waals surface area contributed by atoms with Crippen molar-refractivity contribution >= 4 is 40.7 Å². The highest BCUT2D eigenvalue weighted by molar-refractivity contribution is 6.76. The fraction of sp³-hybridized carbons (Fsp3) is 0.889. The zero-order valence-electron chi connectivity index (χ0n) is 8.28. The van der Waals surface area contributed by atoms with Gasteiger partial charge in [0.15, 0.2) is 0 Å². The summed E-state index contributed by atoms with van der Waals surface area (Å²) in [6.07, 6.45) is 5.68. The third kappa shape index (κ3) is 7.72. The number of alkyl halides is 3. The monoisotopic (exact) mass is 259 g/mol. The van der Waals surface area contributed by atoms with Crippen molar-refractivity contribution in [1.82, 2.24) is 5.32 Å². The van der Waals surface area contributed by atoms with E-state index in [4.69, 9.17) is 34.8 Å². The lowest BCUT2D eigenvalue weighted by atomic mass is 10.1. The van der Waals surface area contributed by atoms with Gasteiger partial charge in [-0.2, -0.15) is 0 Å². The summed E-state index contributed by atoms with van der Waals surface area (Å²) < 4.78 is -1.83. The van der Waals surface area contributed by atoms with E-state index in [-0.39, 0.29) is 0 Å². The van der Waals surface area contributed by atoms with Crippen LogP contribution < -0.4 is 5.32 Å². The highest BCUT2D eigenvalue weighted by Gasteiger charge is 2.29. The van der Waals surface area contributed by atoms with Gasteiger partial charge in [-0.05, 0) is 6.42 Å². The number of hydrogen-bond acceptors (Lipinski definition) is 1. The number of carbonyl (C=O) groups excluding carboxylic acids is 1. The third-order valence-electron chi connectivity index (χ3n) is 1.82. The van der Waals surface area contributed by atoms with E-state index in [0.717, 1.165) is 12.8 Å². The van der Waals surface area contributed by atoms with Crippen LogP contribution in [0, 0.1) is 0 Å². The molecule has 0 spiro atoms. The zero-order chi connectivity index (χ0) is 11.0. The van der Waals surface area contributed by atoms with Crippen molar-refractivity contribution in [3.63, 3.8) is 0 Å². The molecule has 0 radical (unpaired) electrons. The smallest absolute Gasteiger partial charge is 0.272 e. The molecule has 0 saturated carbocycles. The Hall–Kier alpha value is 0.340. The predicted octanol–water partition coefficient (Wildman–Crippen LogP) is 3.44. The Bertz CT molecular complexity index is 168. The van der Waals surface area contributed by atoms with Gasteiger partial charge in [0.05, 0.1) is 0 Å². The molecule has 0 aliphatic rings. The van der Waals surface area contributed by atoms with E-state index in [2.05, 4.69) is 12.2 Å². The van der Waals surface area contributed by atoms with Crippen LogP contribution in [0.4, 0.5) is 0 Å². The van der Waals surface area contributed by atoms with Gasteiger partial charge in [-0.25, -0.2) is 0 Å². The number of unbranched alkanes of at least 4 members (excludes halogenated alkanes) is 4. The first kappa shape index (κ1) is 14.3. The summed E-state index contributed by atoms with van der Waals surface area (Å²) in [5.41, 5.74) is 0. The van der Waals surface area contributed by atoms with Crippen molar-refractivity contribution in [2.75, 3.05) is 6.54 Å². The van der Waals surface area contributed by atoms with Crippen molar-refractivity contribution in [2.24, 2.45) is 0 Å². The van der Waals surface area contributed by atoms with E-state index in [0.29, 0.717) is 6.54 Å². The van der Waals surface area contributed by atoms with Crippen LogP contribution in [0.15, 0.2) is 0 Å². The summed E-state index contributed by atoms with van der Waals surface area (Å²) >= 11 is 16.1. The van der Waals surface area contributed by atoms with E-state index < -0.39 is 9.70 Å². The number of carbonyl (C=O) groups is 1. The molecule has 84 valence electrons. The second-order valence-electron chi connectivity index (χ2n) is 3.17. The van der Waals surface area contributed by atoms with Crippen molar-refractivity contribution in [3.8, 4) is 0 Å². The molecule has 1 amide bonds. The molecule has 5 heteroatoms. The topological polar surface area (TPSA) is 29.1 Å². The summed E-state index contributed by atoms with van der Waals surface area (Å²) in [6.45, 7) is 2.74. The molecule has 0 unspecified atom stereocenters. The molecule has 2 nitrogen and oxygen atoms in total. The standard InChI is InChI=1S/C9H16Cl3NO/c1-2-3-4-5-6-7-13-8(14)9(10,11)12/h2-7H2,1H3,(H,13,14). The Morgan fingerprint density at radius 3 is 2.21 bits per heavy atom. The highest BCUT2D eigenvalue weighted by Crippen LogP contribution is 2.25. The van der Waals surface area contributed by atoms with Crippen molar-refractivity contribution in [2.45, 2.75) is 42.8 Å². The molecule has 0 aromatic rings. The van der Waals surface area contributed by atoms with E-state index >= 15 is 0 Å². The number of rotatable bonds is 6. The maximum atomic E-state index is 11.0. The van der Waals surface area contributed by atoms with Crippen molar-refractivity contribution in [3.05, 3.63) is 0 Å². The highest BCUT2D eigenvalue weighted by atomic mass is 35.6. The van der Waals surface area contributed by atoms with E-state index in [1.54, 1.807) is 0 Å². The lowest BCUT2D eigenvalue weighted by Crippen LogP contribution is -2.35. The maximum absolute atomic E-state index is 11.0. The van der Waals surface area contributed by atoms with Crippen LogP contribution in [0.5, 0.6) is 0 Å². The summed E-state index contributed by atoms with van der Waals surface area (Å²) in [7, 11) is 0. The molecule has 1 N–H and O–H groups in total. The first-order valence-electron chi connectivity index (χ1n) is 4.83. The van der Waals surface area contributed by atoms with Crippen LogP contribution in [0.25, 0.3) is 0 Å². The van der Waals surface area contributed by atoms with Gasteiger partial charge in [-0.3, -0.25) is 4.79 Å². The minimum Gasteiger partial charge on any atom is -0.352 e. The molecule has 0 rings (SSSR count). The van der Waals surface area contributed by atoms with Crippen molar-refractivity contribution in [1.29, 1.82) is 0 Å². The summed E-state index contributed by atoms with van der Waals surface area (Å²) in [6, 6.07) is 0. The largest absolute Gasteiger partial charge is 0.352 e. The van der Waals surface area contributed by atoms with E-state index in [9.17, 15) is 4.79 Å². The second kappa shape index (κ2) is 7.61. The Labute approximate surface area is 100 Å². The minimum atomic E-state index is -1.83. The van der Waals surface area contributed by atoms with Crippen molar-refractivity contribution < 1.29 is 4.79 Å². The zero-order valence-corrected chi connectivity index (χ0v) is 10.6. The van der Waals surface area contributed by atoms with Gasteiger partial charge < -0.3 is 5.32 Å². The molecule has 0 aliphatic heterocycles. The molecule has 0 aromatic heterocycles. The van der Waals surface area contributed by atoms with E-state index in [1.807, 2.05) is 0 Å². The molecule has 0 aromatic carbocycles. The van der Waals surface area contributed by atoms with Gasteiger partial charge in [-0.1, -0.05) is 67.4 Å². The lowest BCUT2D eigenvalue weighted by Gasteiger charge is -2.10. The molecule has 0 heterocycles. The Morgan fingerprint density at radius 1 is 1.14 bits per heavy atom. The molecule has 14 heavy (non-hydrogen) atoms. The maximum Gasteiger partial charge on any atom is 0.272 e. The quantitative estimate of drug-likeness (QED) is 0.575. The average molecular weight is 261 g/mol. The van der Waals surface area contributed by atoms with Gasteiger partial charge >= 0.3 is 0 Å². The minimum absolute atomic E-state index is 0.544. The van der Waals surface area contributed by atoms with Gasteiger partial charge in [0.1, 0.15) is 0 Å². The normalized spacial score (nSPS) is 11.4. The van der Waals surface area contributed by atoms with E-state index in [1.165, 1.54) is 19.3 Å². The third-order valence-corrected chi connectivity index (χ3v) is 2.34. The van der Waals surface area contributed by atoms with Crippen LogP contribution in [0.2, 0.25) is 0 Å². The summed E-state index contributed by atoms with van der Waals surface area (Å²) in [5.74, 6) is -0.544. The Kier molecular flexibility index (Phi) is 7.79. The van der Waals surface area contributed by atoms with Crippen LogP contribution in [-0.2, 0) is 4.79 Å². The van der Waals surface area contributed by atoms with Gasteiger partial charge in [0.25, 0.3) is 9.70 Å². The van der Waals surface area contributed by atoms with Crippen LogP contribution in [0.1, 0.15) is 39.0 Å². The predicted molar refractivity (Wildman–Crippen MR) is 62.1 cm³/mol.